The molecule has 0 aliphatic carbocycles. The molecule has 0 aliphatic rings. The number of hydrogen-bond acceptors (Lipinski definition) is 3. The third kappa shape index (κ3) is 4.19. The Bertz CT molecular complexity index is 311. The van der Waals surface area contributed by atoms with Crippen LogP contribution in [0.5, 0.6) is 0 Å². The van der Waals surface area contributed by atoms with Gasteiger partial charge in [0.05, 0.1) is 12.6 Å². The molecule has 1 aromatic heterocycles. The molecule has 1 unspecified atom stereocenters. The number of hydrogen-bond donors (Lipinski definition) is 1. The third-order valence-corrected chi connectivity index (χ3v) is 2.95. The first kappa shape index (κ1) is 12.5. The maximum atomic E-state index is 11.8. The molecule has 0 aliphatic heterocycles. The molecule has 15 heavy (non-hydrogen) atoms. The molecule has 0 saturated heterocycles. The Labute approximate surface area is 89.8 Å². The van der Waals surface area contributed by atoms with Crippen molar-refractivity contribution in [3.8, 4) is 0 Å². The number of thiophene rings is 1. The van der Waals surface area contributed by atoms with E-state index < -0.39 is 18.8 Å². The van der Waals surface area contributed by atoms with Crippen LogP contribution in [0.25, 0.3) is 0 Å². The Morgan fingerprint density at radius 3 is 2.67 bits per heavy atom. The second-order valence-corrected chi connectivity index (χ2v) is 4.15. The van der Waals surface area contributed by atoms with Gasteiger partial charge in [-0.2, -0.15) is 13.2 Å². The van der Waals surface area contributed by atoms with E-state index in [-0.39, 0.29) is 6.61 Å². The van der Waals surface area contributed by atoms with Gasteiger partial charge >= 0.3 is 6.18 Å². The standard InChI is InChI=1S/C9H12F3NOS/c1-6-2-3-15-8(6)7(13)4-14-5-9(10,11)12/h2-3,7H,4-5,13H2,1H3. The lowest BCUT2D eigenvalue weighted by atomic mass is 10.2. The molecule has 0 saturated carbocycles. The lowest BCUT2D eigenvalue weighted by molar-refractivity contribution is -0.174. The molecule has 0 bridgehead atoms. The van der Waals surface area contributed by atoms with E-state index in [0.717, 1.165) is 10.4 Å². The monoisotopic (exact) mass is 239 g/mol. The van der Waals surface area contributed by atoms with Crippen molar-refractivity contribution in [1.82, 2.24) is 0 Å². The van der Waals surface area contributed by atoms with Crippen LogP contribution >= 0.6 is 11.3 Å². The van der Waals surface area contributed by atoms with Crippen LogP contribution in [-0.4, -0.2) is 19.4 Å². The highest BCUT2D eigenvalue weighted by Crippen LogP contribution is 2.23. The molecule has 0 spiro atoms. The molecule has 6 heteroatoms. The summed E-state index contributed by atoms with van der Waals surface area (Å²) in [6.45, 7) is 0.515. The van der Waals surface area contributed by atoms with Gasteiger partial charge in [0.2, 0.25) is 0 Å². The first-order valence-electron chi connectivity index (χ1n) is 4.34. The van der Waals surface area contributed by atoms with Crippen LogP contribution in [0.2, 0.25) is 0 Å². The fourth-order valence-corrected chi connectivity index (χ4v) is 2.06. The molecule has 2 nitrogen and oxygen atoms in total. The van der Waals surface area contributed by atoms with Crippen LogP contribution in [-0.2, 0) is 4.74 Å². The van der Waals surface area contributed by atoms with Crippen LogP contribution in [0.15, 0.2) is 11.4 Å². The predicted octanol–water partition coefficient (Wildman–Crippen LogP) is 2.64. The number of alkyl halides is 3. The van der Waals surface area contributed by atoms with Crippen molar-refractivity contribution in [3.63, 3.8) is 0 Å². The molecule has 1 aromatic rings. The van der Waals surface area contributed by atoms with Crippen molar-refractivity contribution in [1.29, 1.82) is 0 Å². The second kappa shape index (κ2) is 4.96. The largest absolute Gasteiger partial charge is 0.411 e. The highest BCUT2D eigenvalue weighted by atomic mass is 32.1. The molecular weight excluding hydrogens is 227 g/mol. The molecule has 1 atom stereocenters. The second-order valence-electron chi connectivity index (χ2n) is 3.20. The summed E-state index contributed by atoms with van der Waals surface area (Å²) in [6.07, 6.45) is -4.29. The van der Waals surface area contributed by atoms with Gasteiger partial charge in [-0.15, -0.1) is 11.3 Å². The fraction of sp³-hybridized carbons (Fsp3) is 0.556. The van der Waals surface area contributed by atoms with E-state index in [9.17, 15) is 13.2 Å². The fourth-order valence-electron chi connectivity index (χ4n) is 1.14. The van der Waals surface area contributed by atoms with Crippen molar-refractivity contribution in [3.05, 3.63) is 21.9 Å². The summed E-state index contributed by atoms with van der Waals surface area (Å²) in [5, 5.41) is 1.86. The first-order valence-corrected chi connectivity index (χ1v) is 5.22. The Kier molecular flexibility index (Phi) is 4.12. The Balaban J connectivity index is 2.37. The zero-order valence-corrected chi connectivity index (χ0v) is 8.99. The molecular formula is C9H12F3NOS. The molecule has 1 heterocycles. The number of nitrogens with two attached hydrogens (primary N) is 1. The zero-order valence-electron chi connectivity index (χ0n) is 8.17. The van der Waals surface area contributed by atoms with Gasteiger partial charge in [-0.05, 0) is 23.9 Å². The van der Waals surface area contributed by atoms with Crippen molar-refractivity contribution < 1.29 is 17.9 Å². The average Bonchev–Trinajstić information content (AvgIpc) is 2.48. The van der Waals surface area contributed by atoms with E-state index in [1.807, 2.05) is 18.4 Å². The SMILES string of the molecule is Cc1ccsc1C(N)COCC(F)(F)F. The van der Waals surface area contributed by atoms with Gasteiger partial charge in [0.25, 0.3) is 0 Å². The van der Waals surface area contributed by atoms with E-state index in [1.54, 1.807) is 0 Å². The maximum Gasteiger partial charge on any atom is 0.411 e. The van der Waals surface area contributed by atoms with E-state index >= 15 is 0 Å². The van der Waals surface area contributed by atoms with Gasteiger partial charge < -0.3 is 10.5 Å². The maximum absolute atomic E-state index is 11.8. The highest BCUT2D eigenvalue weighted by Gasteiger charge is 2.27. The smallest absolute Gasteiger partial charge is 0.370 e. The normalized spacial score (nSPS) is 14.2. The van der Waals surface area contributed by atoms with Crippen LogP contribution < -0.4 is 5.73 Å². The Morgan fingerprint density at radius 1 is 1.53 bits per heavy atom. The summed E-state index contributed by atoms with van der Waals surface area (Å²) in [5.74, 6) is 0. The lowest BCUT2D eigenvalue weighted by Gasteiger charge is -2.13. The van der Waals surface area contributed by atoms with Crippen molar-refractivity contribution in [2.45, 2.75) is 19.1 Å². The number of aryl methyl sites for hydroxylation is 1. The van der Waals surface area contributed by atoms with Gasteiger partial charge in [0.1, 0.15) is 6.61 Å². The summed E-state index contributed by atoms with van der Waals surface area (Å²) in [4.78, 5) is 0.872. The summed E-state index contributed by atoms with van der Waals surface area (Å²) in [5.41, 5.74) is 6.68. The lowest BCUT2D eigenvalue weighted by Crippen LogP contribution is -2.23. The van der Waals surface area contributed by atoms with Crippen LogP contribution in [0.3, 0.4) is 0 Å². The third-order valence-electron chi connectivity index (χ3n) is 1.80. The van der Waals surface area contributed by atoms with E-state index in [2.05, 4.69) is 4.74 Å². The van der Waals surface area contributed by atoms with E-state index in [0.29, 0.717) is 0 Å². The summed E-state index contributed by atoms with van der Waals surface area (Å²) >= 11 is 1.43. The van der Waals surface area contributed by atoms with E-state index in [1.165, 1.54) is 11.3 Å². The van der Waals surface area contributed by atoms with Gasteiger partial charge in [-0.1, -0.05) is 0 Å². The van der Waals surface area contributed by atoms with Gasteiger partial charge in [0.15, 0.2) is 0 Å². The minimum atomic E-state index is -4.29. The minimum absolute atomic E-state index is 0.110. The zero-order chi connectivity index (χ0) is 11.5. The van der Waals surface area contributed by atoms with Crippen molar-refractivity contribution in [2.24, 2.45) is 5.73 Å². The molecule has 86 valence electrons. The average molecular weight is 239 g/mol. The van der Waals surface area contributed by atoms with Crippen LogP contribution in [0.4, 0.5) is 13.2 Å². The number of ether oxygens (including phenoxy) is 1. The van der Waals surface area contributed by atoms with Gasteiger partial charge in [-0.3, -0.25) is 0 Å². The molecule has 0 amide bonds. The minimum Gasteiger partial charge on any atom is -0.370 e. The summed E-state index contributed by atoms with van der Waals surface area (Å²) < 4.78 is 39.8. The van der Waals surface area contributed by atoms with Crippen LogP contribution in [0, 0.1) is 6.92 Å². The van der Waals surface area contributed by atoms with E-state index in [4.69, 9.17) is 5.73 Å². The Hall–Kier alpha value is -0.590. The number of halogens is 3. The molecule has 1 rings (SSSR count). The molecule has 0 fully saturated rings. The van der Waals surface area contributed by atoms with Crippen molar-refractivity contribution in [2.75, 3.05) is 13.2 Å². The van der Waals surface area contributed by atoms with Crippen LogP contribution in [0.1, 0.15) is 16.5 Å². The number of rotatable bonds is 4. The van der Waals surface area contributed by atoms with Gasteiger partial charge in [-0.25, -0.2) is 0 Å². The quantitative estimate of drug-likeness (QED) is 0.876. The topological polar surface area (TPSA) is 35.2 Å². The molecule has 0 aromatic carbocycles. The highest BCUT2D eigenvalue weighted by molar-refractivity contribution is 7.10. The summed E-state index contributed by atoms with van der Waals surface area (Å²) in [6, 6.07) is 1.40. The summed E-state index contributed by atoms with van der Waals surface area (Å²) in [7, 11) is 0. The molecule has 0 radical (unpaired) electrons. The van der Waals surface area contributed by atoms with Crippen molar-refractivity contribution >= 4 is 11.3 Å². The Morgan fingerprint density at radius 2 is 2.20 bits per heavy atom. The first-order chi connectivity index (χ1) is 6.90. The van der Waals surface area contributed by atoms with Gasteiger partial charge in [0, 0.05) is 4.88 Å². The molecule has 2 N–H and O–H groups in total. The predicted molar refractivity (Wildman–Crippen MR) is 52.9 cm³/mol.